The van der Waals surface area contributed by atoms with Gasteiger partial charge in [-0.2, -0.15) is 8.61 Å². The molecule has 0 aliphatic carbocycles. The normalized spacial score (nSPS) is 18.9. The van der Waals surface area contributed by atoms with Gasteiger partial charge in [-0.25, -0.2) is 16.8 Å². The number of carbonyl (C=O) groups excluding carboxylic acids is 1. The first-order valence-electron chi connectivity index (χ1n) is 11.8. The predicted molar refractivity (Wildman–Crippen MR) is 135 cm³/mol. The highest BCUT2D eigenvalue weighted by molar-refractivity contribution is 7.89. The second kappa shape index (κ2) is 10.8. The van der Waals surface area contributed by atoms with Crippen molar-refractivity contribution in [3.05, 3.63) is 59.7 Å². The lowest BCUT2D eigenvalue weighted by molar-refractivity contribution is 0.102. The van der Waals surface area contributed by atoms with E-state index in [0.29, 0.717) is 57.1 Å². The summed E-state index contributed by atoms with van der Waals surface area (Å²) in [6.07, 6.45) is 4.05. The van der Waals surface area contributed by atoms with Crippen molar-refractivity contribution in [2.45, 2.75) is 30.7 Å². The van der Waals surface area contributed by atoms with Gasteiger partial charge >= 0.3 is 0 Å². The van der Waals surface area contributed by atoms with E-state index in [4.69, 9.17) is 0 Å². The molecule has 4 rings (SSSR count). The van der Waals surface area contributed by atoms with Gasteiger partial charge in [-0.1, -0.05) is 18.6 Å². The van der Waals surface area contributed by atoms with Crippen molar-refractivity contribution in [2.75, 3.05) is 50.8 Å². The van der Waals surface area contributed by atoms with Crippen LogP contribution < -0.4 is 5.32 Å². The van der Waals surface area contributed by atoms with Gasteiger partial charge in [0.1, 0.15) is 0 Å². The Morgan fingerprint density at radius 3 is 1.94 bits per heavy atom. The van der Waals surface area contributed by atoms with Gasteiger partial charge < -0.3 is 5.32 Å². The number of sulfonamides is 2. The Balaban J connectivity index is 1.31. The number of piperidine rings is 1. The Labute approximate surface area is 207 Å². The summed E-state index contributed by atoms with van der Waals surface area (Å²) in [5.74, 6) is -0.273. The van der Waals surface area contributed by atoms with Gasteiger partial charge in [-0.05, 0) is 54.8 Å². The second-order valence-corrected chi connectivity index (χ2v) is 13.0. The van der Waals surface area contributed by atoms with Gasteiger partial charge in [0.05, 0.1) is 11.2 Å². The van der Waals surface area contributed by atoms with Crippen molar-refractivity contribution < 1.29 is 21.6 Å². The number of hydrogen-bond acceptors (Lipinski definition) is 6. The molecule has 0 radical (unpaired) electrons. The number of nitrogens with one attached hydrogen (secondary N) is 1. The van der Waals surface area contributed by atoms with Crippen LogP contribution in [0.4, 0.5) is 5.69 Å². The minimum absolute atomic E-state index is 0.235. The maximum Gasteiger partial charge on any atom is 0.255 e. The van der Waals surface area contributed by atoms with Crippen molar-refractivity contribution in [1.29, 1.82) is 0 Å². The molecule has 0 unspecified atom stereocenters. The van der Waals surface area contributed by atoms with Crippen molar-refractivity contribution in [3.63, 3.8) is 0 Å². The van der Waals surface area contributed by atoms with E-state index in [1.54, 1.807) is 24.3 Å². The highest BCUT2D eigenvalue weighted by Gasteiger charge is 2.26. The molecular weight excluding hydrogens is 488 g/mol. The van der Waals surface area contributed by atoms with Crippen LogP contribution in [0.1, 0.15) is 35.2 Å². The van der Waals surface area contributed by atoms with Crippen LogP contribution >= 0.6 is 0 Å². The second-order valence-electron chi connectivity index (χ2n) is 9.08. The molecule has 35 heavy (non-hydrogen) atoms. The quantitative estimate of drug-likeness (QED) is 0.600. The first kappa shape index (κ1) is 25.8. The van der Waals surface area contributed by atoms with E-state index >= 15 is 0 Å². The third-order valence-electron chi connectivity index (χ3n) is 6.49. The molecule has 2 aromatic carbocycles. The fourth-order valence-corrected chi connectivity index (χ4v) is 6.75. The molecule has 1 amide bonds. The number of amides is 1. The largest absolute Gasteiger partial charge is 0.322 e. The molecule has 2 aliphatic heterocycles. The van der Waals surface area contributed by atoms with Gasteiger partial charge in [0, 0.05) is 57.1 Å². The van der Waals surface area contributed by atoms with Crippen molar-refractivity contribution >= 4 is 31.6 Å². The molecule has 0 spiro atoms. The first-order chi connectivity index (χ1) is 16.6. The molecule has 1 N–H and O–H groups in total. The topological polar surface area (TPSA) is 107 Å². The highest BCUT2D eigenvalue weighted by atomic mass is 32.2. The fraction of sp³-hybridized carbons (Fsp3) is 0.458. The third-order valence-corrected chi connectivity index (χ3v) is 9.70. The van der Waals surface area contributed by atoms with Crippen LogP contribution in [0.25, 0.3) is 0 Å². The maximum absolute atomic E-state index is 12.8. The van der Waals surface area contributed by atoms with Crippen molar-refractivity contribution in [3.8, 4) is 0 Å². The van der Waals surface area contributed by atoms with Crippen LogP contribution in [0.15, 0.2) is 53.4 Å². The maximum atomic E-state index is 12.8. The number of anilines is 1. The van der Waals surface area contributed by atoms with E-state index in [1.165, 1.54) is 27.0 Å². The van der Waals surface area contributed by atoms with Gasteiger partial charge in [-0.3, -0.25) is 9.69 Å². The molecule has 0 aromatic heterocycles. The van der Waals surface area contributed by atoms with Crippen LogP contribution in [0.3, 0.4) is 0 Å². The van der Waals surface area contributed by atoms with E-state index in [1.807, 2.05) is 12.1 Å². The van der Waals surface area contributed by atoms with E-state index in [9.17, 15) is 21.6 Å². The molecule has 0 saturated carbocycles. The van der Waals surface area contributed by atoms with Crippen LogP contribution in [-0.4, -0.2) is 81.8 Å². The van der Waals surface area contributed by atoms with E-state index < -0.39 is 20.0 Å². The standard InChI is InChI=1S/C24H32N4O5S2/c1-34(30,31)27-17-15-26(16-18-27)19-20-5-7-21(8-6-20)24(29)25-22-9-11-23(12-10-22)35(32,33)28-13-3-2-4-14-28/h5-12H,2-4,13-19H2,1H3,(H,25,29). The van der Waals surface area contributed by atoms with Crippen LogP contribution in [0.2, 0.25) is 0 Å². The van der Waals surface area contributed by atoms with Crippen molar-refractivity contribution in [2.24, 2.45) is 0 Å². The smallest absolute Gasteiger partial charge is 0.255 e. The van der Waals surface area contributed by atoms with Gasteiger partial charge in [0.25, 0.3) is 5.91 Å². The minimum atomic E-state index is -3.50. The SMILES string of the molecule is CS(=O)(=O)N1CCN(Cc2ccc(C(=O)Nc3ccc(S(=O)(=O)N4CCCCC4)cc3)cc2)CC1. The van der Waals surface area contributed by atoms with Crippen LogP contribution in [0, 0.1) is 0 Å². The zero-order valence-corrected chi connectivity index (χ0v) is 21.5. The van der Waals surface area contributed by atoms with Gasteiger partial charge in [0.15, 0.2) is 0 Å². The summed E-state index contributed by atoms with van der Waals surface area (Å²) in [7, 11) is -6.65. The summed E-state index contributed by atoms with van der Waals surface area (Å²) in [5, 5.41) is 2.82. The van der Waals surface area contributed by atoms with E-state index in [0.717, 1.165) is 24.8 Å². The molecule has 2 fully saturated rings. The van der Waals surface area contributed by atoms with E-state index in [-0.39, 0.29) is 10.8 Å². The predicted octanol–water partition coefficient (Wildman–Crippen LogP) is 2.19. The Hall–Kier alpha value is -2.31. The van der Waals surface area contributed by atoms with Gasteiger partial charge in [0.2, 0.25) is 20.0 Å². The molecule has 2 aromatic rings. The molecule has 2 heterocycles. The molecule has 11 heteroatoms. The summed E-state index contributed by atoms with van der Waals surface area (Å²) in [4.78, 5) is 15.1. The van der Waals surface area contributed by atoms with Crippen LogP contribution in [-0.2, 0) is 26.6 Å². The number of rotatable bonds is 7. The number of benzene rings is 2. The molecule has 0 atom stereocenters. The number of carbonyl (C=O) groups is 1. The average Bonchev–Trinajstić information content (AvgIpc) is 2.85. The summed E-state index contributed by atoms with van der Waals surface area (Å²) in [6, 6.07) is 13.6. The summed E-state index contributed by atoms with van der Waals surface area (Å²) >= 11 is 0. The highest BCUT2D eigenvalue weighted by Crippen LogP contribution is 2.22. The zero-order valence-electron chi connectivity index (χ0n) is 19.9. The molecule has 2 saturated heterocycles. The van der Waals surface area contributed by atoms with Gasteiger partial charge in [-0.15, -0.1) is 0 Å². The lowest BCUT2D eigenvalue weighted by Crippen LogP contribution is -2.47. The average molecular weight is 521 g/mol. The molecule has 2 aliphatic rings. The number of piperazine rings is 1. The Bertz CT molecular complexity index is 1230. The Kier molecular flexibility index (Phi) is 7.92. The zero-order chi connectivity index (χ0) is 25.1. The number of nitrogens with zero attached hydrogens (tertiary/aromatic N) is 3. The molecular formula is C24H32N4O5S2. The first-order valence-corrected chi connectivity index (χ1v) is 15.1. The van der Waals surface area contributed by atoms with Crippen molar-refractivity contribution in [1.82, 2.24) is 13.5 Å². The third kappa shape index (κ3) is 6.47. The molecule has 9 nitrogen and oxygen atoms in total. The summed E-state index contributed by atoms with van der Waals surface area (Å²) in [5.41, 5.74) is 2.07. The summed E-state index contributed by atoms with van der Waals surface area (Å²) in [6.45, 7) is 4.08. The lowest BCUT2D eigenvalue weighted by Gasteiger charge is -2.33. The lowest BCUT2D eigenvalue weighted by atomic mass is 10.1. The fourth-order valence-electron chi connectivity index (χ4n) is 4.41. The molecule has 0 bridgehead atoms. The minimum Gasteiger partial charge on any atom is -0.322 e. The Morgan fingerprint density at radius 1 is 0.771 bits per heavy atom. The number of hydrogen-bond donors (Lipinski definition) is 1. The van der Waals surface area contributed by atoms with Crippen LogP contribution in [0.5, 0.6) is 0 Å². The van der Waals surface area contributed by atoms with E-state index in [2.05, 4.69) is 10.2 Å². The monoisotopic (exact) mass is 520 g/mol. The Morgan fingerprint density at radius 2 is 1.37 bits per heavy atom. The molecule has 190 valence electrons. The summed E-state index contributed by atoms with van der Waals surface area (Å²) < 4.78 is 51.9.